The molecule has 27 heavy (non-hydrogen) atoms. The maximum atomic E-state index is 12.9. The number of carbonyl (C=O) groups excluding carboxylic acids is 1. The number of alkyl carbamates (subject to hydrolysis) is 1. The Morgan fingerprint density at radius 2 is 1.74 bits per heavy atom. The van der Waals surface area contributed by atoms with E-state index >= 15 is 0 Å². The highest BCUT2D eigenvalue weighted by Crippen LogP contribution is 2.24. The first-order valence-electron chi connectivity index (χ1n) is 8.92. The molecule has 0 fully saturated rings. The molecule has 0 spiro atoms. The Bertz CT molecular complexity index is 727. The number of oxime groups is 1. The van der Waals surface area contributed by atoms with Crippen molar-refractivity contribution in [1.29, 1.82) is 0 Å². The molecule has 0 aromatic heterocycles. The molecule has 1 aromatic carbocycles. The van der Waals surface area contributed by atoms with Gasteiger partial charge in [0.2, 0.25) is 0 Å². The fraction of sp³-hybridized carbons (Fsp3) is 0.579. The van der Waals surface area contributed by atoms with Crippen LogP contribution < -0.4 is 5.32 Å². The SMILES string of the molecule is CO/N=C/c1ccc(C(C)S(=O)(=O)C[C@@H](NC(=O)OC(C)C)C(C)C)cc1. The van der Waals surface area contributed by atoms with Crippen molar-refractivity contribution in [2.24, 2.45) is 11.1 Å². The molecule has 7 nitrogen and oxygen atoms in total. The van der Waals surface area contributed by atoms with Crippen molar-refractivity contribution in [2.45, 2.75) is 52.0 Å². The molecule has 152 valence electrons. The Morgan fingerprint density at radius 3 is 2.22 bits per heavy atom. The normalized spacial score (nSPS) is 14.4. The van der Waals surface area contributed by atoms with Crippen molar-refractivity contribution < 1.29 is 22.8 Å². The van der Waals surface area contributed by atoms with E-state index in [2.05, 4.69) is 15.3 Å². The minimum absolute atomic E-state index is 0.0562. The predicted octanol–water partition coefficient (Wildman–Crippen LogP) is 3.30. The van der Waals surface area contributed by atoms with Crippen LogP contribution in [-0.4, -0.2) is 45.7 Å². The predicted molar refractivity (Wildman–Crippen MR) is 107 cm³/mol. The third-order valence-corrected chi connectivity index (χ3v) is 6.29. The van der Waals surface area contributed by atoms with Crippen LogP contribution in [0.5, 0.6) is 0 Å². The highest BCUT2D eigenvalue weighted by atomic mass is 32.2. The zero-order valence-corrected chi connectivity index (χ0v) is 17.6. The molecule has 0 radical (unpaired) electrons. The van der Waals surface area contributed by atoms with Gasteiger partial charge in [-0.2, -0.15) is 0 Å². The number of nitrogens with zero attached hydrogens (tertiary/aromatic N) is 1. The van der Waals surface area contributed by atoms with Crippen LogP contribution in [0.15, 0.2) is 29.4 Å². The number of hydrogen-bond donors (Lipinski definition) is 1. The quantitative estimate of drug-likeness (QED) is 0.509. The third kappa shape index (κ3) is 7.58. The number of benzene rings is 1. The number of sulfone groups is 1. The summed E-state index contributed by atoms with van der Waals surface area (Å²) in [6, 6.07) is 6.54. The number of amides is 1. The van der Waals surface area contributed by atoms with Crippen LogP contribution in [0, 0.1) is 5.92 Å². The largest absolute Gasteiger partial charge is 0.447 e. The molecule has 1 aromatic rings. The van der Waals surface area contributed by atoms with Gasteiger partial charge >= 0.3 is 6.09 Å². The molecule has 1 amide bonds. The molecule has 1 rings (SSSR count). The summed E-state index contributed by atoms with van der Waals surface area (Å²) in [6.45, 7) is 8.86. The van der Waals surface area contributed by atoms with Gasteiger partial charge in [-0.3, -0.25) is 0 Å². The highest BCUT2D eigenvalue weighted by molar-refractivity contribution is 7.91. The van der Waals surface area contributed by atoms with Crippen molar-refractivity contribution in [2.75, 3.05) is 12.9 Å². The number of carbonyl (C=O) groups is 1. The molecule has 1 unspecified atom stereocenters. The number of nitrogens with one attached hydrogen (secondary N) is 1. The van der Waals surface area contributed by atoms with Crippen LogP contribution in [0.3, 0.4) is 0 Å². The second kappa shape index (κ2) is 10.3. The van der Waals surface area contributed by atoms with E-state index in [0.29, 0.717) is 5.56 Å². The van der Waals surface area contributed by atoms with Crippen LogP contribution in [0.1, 0.15) is 51.0 Å². The maximum Gasteiger partial charge on any atom is 0.407 e. The van der Waals surface area contributed by atoms with Crippen LogP contribution in [-0.2, 0) is 19.4 Å². The lowest BCUT2D eigenvalue weighted by molar-refractivity contribution is 0.111. The molecule has 0 aliphatic rings. The lowest BCUT2D eigenvalue weighted by Gasteiger charge is -2.24. The van der Waals surface area contributed by atoms with Gasteiger partial charge in [-0.05, 0) is 37.8 Å². The van der Waals surface area contributed by atoms with Gasteiger partial charge in [0.1, 0.15) is 7.11 Å². The zero-order chi connectivity index (χ0) is 20.6. The van der Waals surface area contributed by atoms with Gasteiger partial charge in [0.05, 0.1) is 23.3 Å². The summed E-state index contributed by atoms with van der Waals surface area (Å²) >= 11 is 0. The minimum Gasteiger partial charge on any atom is -0.447 e. The van der Waals surface area contributed by atoms with E-state index in [9.17, 15) is 13.2 Å². The van der Waals surface area contributed by atoms with Crippen LogP contribution in [0.4, 0.5) is 4.79 Å². The van der Waals surface area contributed by atoms with Gasteiger partial charge in [0.15, 0.2) is 9.84 Å². The summed E-state index contributed by atoms with van der Waals surface area (Å²) in [5.41, 5.74) is 1.49. The molecule has 0 aliphatic heterocycles. The fourth-order valence-corrected chi connectivity index (χ4v) is 4.20. The lowest BCUT2D eigenvalue weighted by atomic mass is 10.1. The zero-order valence-electron chi connectivity index (χ0n) is 16.8. The Hall–Kier alpha value is -2.09. The molecule has 1 N–H and O–H groups in total. The standard InChI is InChI=1S/C19H30N2O5S/c1-13(2)18(21-19(22)26-14(3)4)12-27(23,24)15(5)17-9-7-16(8-10-17)11-20-25-6/h7-11,13-15,18H,12H2,1-6H3,(H,21,22)/b20-11+/t15?,18-/m1/s1. The summed E-state index contributed by atoms with van der Waals surface area (Å²) in [5.74, 6) is -0.217. The monoisotopic (exact) mass is 398 g/mol. The smallest absolute Gasteiger partial charge is 0.407 e. The Balaban J connectivity index is 2.89. The van der Waals surface area contributed by atoms with Crippen molar-refractivity contribution >= 4 is 22.1 Å². The first-order chi connectivity index (χ1) is 12.6. The average molecular weight is 399 g/mol. The van der Waals surface area contributed by atoms with E-state index in [1.165, 1.54) is 7.11 Å². The van der Waals surface area contributed by atoms with Crippen molar-refractivity contribution in [1.82, 2.24) is 5.32 Å². The third-order valence-electron chi connectivity index (χ3n) is 4.11. The van der Waals surface area contributed by atoms with E-state index in [0.717, 1.165) is 5.56 Å². The first-order valence-corrected chi connectivity index (χ1v) is 10.6. The second-order valence-electron chi connectivity index (χ2n) is 7.00. The molecule has 2 atom stereocenters. The van der Waals surface area contributed by atoms with E-state index in [1.807, 2.05) is 13.8 Å². The Kier molecular flexibility index (Phi) is 8.75. The number of hydrogen-bond acceptors (Lipinski definition) is 6. The maximum absolute atomic E-state index is 12.9. The fourth-order valence-electron chi connectivity index (χ4n) is 2.37. The van der Waals surface area contributed by atoms with E-state index in [4.69, 9.17) is 4.74 Å². The van der Waals surface area contributed by atoms with E-state index in [-0.39, 0.29) is 17.8 Å². The summed E-state index contributed by atoms with van der Waals surface area (Å²) < 4.78 is 30.8. The van der Waals surface area contributed by atoms with Gasteiger partial charge in [-0.15, -0.1) is 0 Å². The summed E-state index contributed by atoms with van der Waals surface area (Å²) in [5, 5.41) is 5.65. The second-order valence-corrected chi connectivity index (χ2v) is 9.37. The van der Waals surface area contributed by atoms with E-state index < -0.39 is 27.2 Å². The Morgan fingerprint density at radius 1 is 1.15 bits per heavy atom. The van der Waals surface area contributed by atoms with Gasteiger partial charge < -0.3 is 14.9 Å². The van der Waals surface area contributed by atoms with Crippen molar-refractivity contribution in [3.63, 3.8) is 0 Å². The molecule has 0 aliphatic carbocycles. The van der Waals surface area contributed by atoms with Gasteiger partial charge in [-0.25, -0.2) is 13.2 Å². The molecule has 0 bridgehead atoms. The molecule has 0 saturated carbocycles. The van der Waals surface area contributed by atoms with Crippen molar-refractivity contribution in [3.05, 3.63) is 35.4 Å². The molecule has 8 heteroatoms. The van der Waals surface area contributed by atoms with Crippen molar-refractivity contribution in [3.8, 4) is 0 Å². The average Bonchev–Trinajstić information content (AvgIpc) is 2.58. The highest BCUT2D eigenvalue weighted by Gasteiger charge is 2.29. The molecular weight excluding hydrogens is 368 g/mol. The molecule has 0 saturated heterocycles. The summed E-state index contributed by atoms with van der Waals surface area (Å²) in [4.78, 5) is 16.5. The molecular formula is C19H30N2O5S. The number of ether oxygens (including phenoxy) is 1. The summed E-state index contributed by atoms with van der Waals surface area (Å²) in [6.07, 6.45) is 0.670. The van der Waals surface area contributed by atoms with Crippen LogP contribution in [0.2, 0.25) is 0 Å². The van der Waals surface area contributed by atoms with Gasteiger partial charge in [0.25, 0.3) is 0 Å². The number of rotatable bonds is 9. The van der Waals surface area contributed by atoms with Crippen LogP contribution in [0.25, 0.3) is 0 Å². The van der Waals surface area contributed by atoms with Gasteiger partial charge in [-0.1, -0.05) is 43.3 Å². The van der Waals surface area contributed by atoms with Crippen LogP contribution >= 0.6 is 0 Å². The van der Waals surface area contributed by atoms with E-state index in [1.54, 1.807) is 51.3 Å². The summed E-state index contributed by atoms with van der Waals surface area (Å²) in [7, 11) is -2.04. The Labute approximate surface area is 162 Å². The minimum atomic E-state index is -3.49. The molecule has 0 heterocycles. The lowest BCUT2D eigenvalue weighted by Crippen LogP contribution is -2.44. The first kappa shape index (κ1) is 23.0. The topological polar surface area (TPSA) is 94.1 Å². The van der Waals surface area contributed by atoms with Gasteiger partial charge in [0, 0.05) is 6.04 Å².